The summed E-state index contributed by atoms with van der Waals surface area (Å²) in [5.41, 5.74) is 33.7. The summed E-state index contributed by atoms with van der Waals surface area (Å²) >= 11 is 0. The minimum atomic E-state index is 0.500. The molecule has 594 valence electrons. The van der Waals surface area contributed by atoms with Gasteiger partial charge in [0.1, 0.15) is 23.3 Å². The molecule has 0 atom stereocenters. The second kappa shape index (κ2) is 30.8. The van der Waals surface area contributed by atoms with Crippen molar-refractivity contribution < 1.29 is 0 Å². The van der Waals surface area contributed by atoms with Crippen molar-refractivity contribution in [2.75, 3.05) is 0 Å². The van der Waals surface area contributed by atoms with Crippen LogP contribution in [0.15, 0.2) is 449 Å². The zero-order chi connectivity index (χ0) is 84.9. The lowest BCUT2D eigenvalue weighted by atomic mass is 9.92. The highest BCUT2D eigenvalue weighted by Crippen LogP contribution is 2.49. The standard InChI is InChI=1S/C120H74N8/c121-75-105-115(125-108-50-26-24-44-96(108)101-65-83(53-59-109(101)125)77-29-7-1-8-30-77)71-89(93-47-27-63-123-119(93)99-45-21-19-41-91(99)81-37-15-5-16-38-81)72-116(105)126-111-60-54-84(78-31-9-2-10-32-78)66-103(111)104-68-86(56-62-112(104)126)85-55-61-110-102(67-85)98-58-52-88(80-35-13-4-14-36-80)70-114(98)128(110)118-74-90(94-48-28-64-124-120(94)100-46-22-20-42-92(100)82-39-17-6-18-40-82)73-117(106(118)76-122)127-107-49-25-23-43-95(107)97-57-51-87(69-113(97)127)79-33-11-3-12-34-79/h1-74H. The first-order valence-corrected chi connectivity index (χ1v) is 43.3. The van der Waals surface area contributed by atoms with Crippen LogP contribution in [0.25, 0.3) is 233 Å². The molecular weight excluding hydrogens is 1550 g/mol. The molecule has 0 aliphatic heterocycles. The molecule has 0 aliphatic rings. The van der Waals surface area contributed by atoms with Crippen molar-refractivity contribution in [2.24, 2.45) is 0 Å². The first-order valence-electron chi connectivity index (χ1n) is 43.3. The highest BCUT2D eigenvalue weighted by atomic mass is 15.0. The van der Waals surface area contributed by atoms with E-state index in [1.165, 1.54) is 0 Å². The quantitative estimate of drug-likeness (QED) is 0.102. The summed E-state index contributed by atoms with van der Waals surface area (Å²) in [6.45, 7) is 0. The molecule has 0 unspecified atom stereocenters. The van der Waals surface area contributed by atoms with Gasteiger partial charge in [0, 0.05) is 77.7 Å². The van der Waals surface area contributed by atoms with E-state index in [-0.39, 0.29) is 0 Å². The minimum absolute atomic E-state index is 0.500. The van der Waals surface area contributed by atoms with Crippen LogP contribution >= 0.6 is 0 Å². The molecule has 0 saturated heterocycles. The van der Waals surface area contributed by atoms with E-state index in [1.807, 2.05) is 24.5 Å². The van der Waals surface area contributed by atoms with Gasteiger partial charge in [-0.05, 0) is 198 Å². The van der Waals surface area contributed by atoms with Crippen LogP contribution < -0.4 is 0 Å². The van der Waals surface area contributed by atoms with Gasteiger partial charge in [0.2, 0.25) is 0 Å². The summed E-state index contributed by atoms with van der Waals surface area (Å²) in [7, 11) is 0. The minimum Gasteiger partial charge on any atom is -0.308 e. The number of hydrogen-bond acceptors (Lipinski definition) is 4. The van der Waals surface area contributed by atoms with Crippen LogP contribution in [0.1, 0.15) is 11.1 Å². The summed E-state index contributed by atoms with van der Waals surface area (Å²) in [5, 5.41) is 33.4. The van der Waals surface area contributed by atoms with Crippen molar-refractivity contribution in [2.45, 2.75) is 0 Å². The second-order valence-corrected chi connectivity index (χ2v) is 32.9. The SMILES string of the molecule is N#Cc1c(-n2c3ccccc3c3cc(-c4ccccc4)ccc32)cc(-c2cccnc2-c2ccccc2-c2ccccc2)cc1-n1c2ccc(-c3ccccc3)cc2c2cc(-c3ccc4c(c3)c3ccc(-c5ccccc5)cc3n4-c3cc(-c4cccnc4-c4ccccc4-c4ccccc4)cc(-n4c5ccccc5c5ccc(-c6ccccc6)cc54)c3C#N)ccc21. The van der Waals surface area contributed by atoms with Crippen molar-refractivity contribution in [3.8, 4) is 158 Å². The maximum absolute atomic E-state index is 12.6. The predicted octanol–water partition coefficient (Wildman–Crippen LogP) is 30.9. The number of fused-ring (bicyclic) bond motifs is 12. The maximum Gasteiger partial charge on any atom is 0.104 e. The Kier molecular flexibility index (Phi) is 17.9. The van der Waals surface area contributed by atoms with Crippen LogP contribution in [0.5, 0.6) is 0 Å². The molecule has 0 aliphatic carbocycles. The molecule has 0 N–H and O–H groups in total. The van der Waals surface area contributed by atoms with E-state index in [4.69, 9.17) is 9.97 Å². The van der Waals surface area contributed by atoms with E-state index in [2.05, 4.69) is 455 Å². The van der Waals surface area contributed by atoms with Gasteiger partial charge in [-0.15, -0.1) is 0 Å². The smallest absolute Gasteiger partial charge is 0.104 e. The van der Waals surface area contributed by atoms with E-state index >= 15 is 0 Å². The normalized spacial score (nSPS) is 11.6. The number of benzene rings is 18. The third kappa shape index (κ3) is 12.3. The highest BCUT2D eigenvalue weighted by molar-refractivity contribution is 6.17. The molecule has 18 aromatic carbocycles. The van der Waals surface area contributed by atoms with Gasteiger partial charge < -0.3 is 18.3 Å². The third-order valence-corrected chi connectivity index (χ3v) is 25.8. The molecule has 24 aromatic rings. The number of pyridine rings is 2. The monoisotopic (exact) mass is 1630 g/mol. The largest absolute Gasteiger partial charge is 0.308 e. The van der Waals surface area contributed by atoms with Gasteiger partial charge in [-0.25, -0.2) is 0 Å². The van der Waals surface area contributed by atoms with Gasteiger partial charge in [-0.1, -0.05) is 328 Å². The third-order valence-electron chi connectivity index (χ3n) is 25.8. The second-order valence-electron chi connectivity index (χ2n) is 32.9. The average Bonchev–Trinajstić information content (AvgIpc) is 1.55. The van der Waals surface area contributed by atoms with Gasteiger partial charge >= 0.3 is 0 Å². The Morgan fingerprint density at radius 1 is 0.164 bits per heavy atom. The molecule has 6 aromatic heterocycles. The summed E-state index contributed by atoms with van der Waals surface area (Å²) < 4.78 is 9.31. The van der Waals surface area contributed by atoms with E-state index in [9.17, 15) is 10.5 Å². The molecule has 8 heteroatoms. The first-order chi connectivity index (χ1) is 63.4. The first kappa shape index (κ1) is 74.3. The Hall–Kier alpha value is -17.6. The van der Waals surface area contributed by atoms with Crippen LogP contribution in [0.4, 0.5) is 0 Å². The summed E-state index contributed by atoms with van der Waals surface area (Å²) in [6.07, 6.45) is 3.77. The fraction of sp³-hybridized carbons (Fsp3) is 0. The van der Waals surface area contributed by atoms with E-state index < -0.39 is 0 Å². The van der Waals surface area contributed by atoms with Crippen molar-refractivity contribution in [1.82, 2.24) is 28.2 Å². The maximum atomic E-state index is 12.6. The zero-order valence-electron chi connectivity index (χ0n) is 69.3. The van der Waals surface area contributed by atoms with Gasteiger partial charge in [-0.2, -0.15) is 10.5 Å². The van der Waals surface area contributed by atoms with Crippen molar-refractivity contribution in [3.05, 3.63) is 460 Å². The lowest BCUT2D eigenvalue weighted by Crippen LogP contribution is -2.06. The van der Waals surface area contributed by atoms with Gasteiger partial charge in [0.15, 0.2) is 0 Å². The molecule has 0 bridgehead atoms. The molecule has 24 rings (SSSR count). The van der Waals surface area contributed by atoms with Crippen molar-refractivity contribution >= 4 is 87.2 Å². The Bertz CT molecular complexity index is 8680. The predicted molar refractivity (Wildman–Crippen MR) is 529 cm³/mol. The zero-order valence-corrected chi connectivity index (χ0v) is 69.3. The summed E-state index contributed by atoms with van der Waals surface area (Å²) in [5.74, 6) is 0. The summed E-state index contributed by atoms with van der Waals surface area (Å²) in [6, 6.07) is 161. The Balaban J connectivity index is 0.750. The number of nitriles is 2. The topological polar surface area (TPSA) is 93.1 Å². The molecule has 0 spiro atoms. The number of aromatic nitrogens is 6. The van der Waals surface area contributed by atoms with Crippen LogP contribution in [-0.4, -0.2) is 28.2 Å². The molecule has 0 fully saturated rings. The van der Waals surface area contributed by atoms with Crippen LogP contribution in [0.3, 0.4) is 0 Å². The Morgan fingerprint density at radius 3 is 0.758 bits per heavy atom. The van der Waals surface area contributed by atoms with Gasteiger partial charge in [-0.3, -0.25) is 9.97 Å². The van der Waals surface area contributed by atoms with Gasteiger partial charge in [0.25, 0.3) is 0 Å². The molecule has 0 radical (unpaired) electrons. The number of nitrogens with zero attached hydrogens (tertiary/aromatic N) is 8. The number of para-hydroxylation sites is 2. The van der Waals surface area contributed by atoms with Crippen molar-refractivity contribution in [3.63, 3.8) is 0 Å². The molecule has 6 heterocycles. The van der Waals surface area contributed by atoms with E-state index in [1.54, 1.807) is 0 Å². The molecule has 0 amide bonds. The van der Waals surface area contributed by atoms with E-state index in [0.717, 1.165) is 227 Å². The molecular formula is C120H74N8. The lowest BCUT2D eigenvalue weighted by Gasteiger charge is -2.20. The average molecular weight is 1630 g/mol. The van der Waals surface area contributed by atoms with E-state index in [0.29, 0.717) is 16.8 Å². The van der Waals surface area contributed by atoms with Crippen molar-refractivity contribution in [1.29, 1.82) is 10.5 Å². The lowest BCUT2D eigenvalue weighted by molar-refractivity contribution is 1.12. The fourth-order valence-corrected chi connectivity index (χ4v) is 19.9. The number of hydrogen-bond donors (Lipinski definition) is 0. The molecule has 8 nitrogen and oxygen atoms in total. The van der Waals surface area contributed by atoms with Crippen LogP contribution in [0.2, 0.25) is 0 Å². The van der Waals surface area contributed by atoms with Crippen LogP contribution in [0, 0.1) is 22.7 Å². The van der Waals surface area contributed by atoms with Gasteiger partial charge in [0.05, 0.1) is 78.3 Å². The number of rotatable bonds is 15. The fourth-order valence-electron chi connectivity index (χ4n) is 19.9. The molecule has 0 saturated carbocycles. The Labute approximate surface area is 738 Å². The molecule has 128 heavy (non-hydrogen) atoms. The Morgan fingerprint density at radius 2 is 0.406 bits per heavy atom. The summed E-state index contributed by atoms with van der Waals surface area (Å²) in [4.78, 5) is 10.6. The highest BCUT2D eigenvalue weighted by Gasteiger charge is 2.29. The van der Waals surface area contributed by atoms with Crippen LogP contribution in [-0.2, 0) is 0 Å².